The largest absolute Gasteiger partial charge is 0.365 e. The summed E-state index contributed by atoms with van der Waals surface area (Å²) in [6, 6.07) is 8.63. The zero-order valence-electron chi connectivity index (χ0n) is 15.6. The van der Waals surface area contributed by atoms with Gasteiger partial charge >= 0.3 is 6.03 Å². The number of anilines is 4. The van der Waals surface area contributed by atoms with E-state index in [1.807, 2.05) is 25.1 Å². The van der Waals surface area contributed by atoms with Crippen molar-refractivity contribution in [1.29, 1.82) is 0 Å². The van der Waals surface area contributed by atoms with E-state index in [-0.39, 0.29) is 11.6 Å². The minimum absolute atomic E-state index is 0.249. The molecule has 0 aliphatic rings. The number of primary amides is 1. The van der Waals surface area contributed by atoms with Crippen molar-refractivity contribution in [2.45, 2.75) is 6.92 Å². The second-order valence-electron chi connectivity index (χ2n) is 5.97. The minimum Gasteiger partial charge on any atom is -0.365 e. The number of rotatable bonds is 6. The molecule has 9 heteroatoms. The van der Waals surface area contributed by atoms with Gasteiger partial charge in [-0.25, -0.2) is 4.79 Å². The third kappa shape index (κ3) is 3.93. The Bertz CT molecular complexity index is 999. The molecule has 1 aromatic carbocycles. The summed E-state index contributed by atoms with van der Waals surface area (Å²) in [6.45, 7) is 2.33. The first kappa shape index (κ1) is 18.9. The molecule has 9 nitrogen and oxygen atoms in total. The zero-order chi connectivity index (χ0) is 20.1. The first-order chi connectivity index (χ1) is 13.5. The van der Waals surface area contributed by atoms with Gasteiger partial charge in [-0.15, -0.1) is 0 Å². The van der Waals surface area contributed by atoms with Crippen LogP contribution in [0.3, 0.4) is 0 Å². The maximum Gasteiger partial charge on any atom is 0.319 e. The van der Waals surface area contributed by atoms with Crippen LogP contribution in [0.1, 0.15) is 17.3 Å². The Morgan fingerprint density at radius 2 is 1.96 bits per heavy atom. The highest BCUT2D eigenvalue weighted by molar-refractivity contribution is 6.02. The molecule has 0 spiro atoms. The van der Waals surface area contributed by atoms with Gasteiger partial charge < -0.3 is 21.3 Å². The molecule has 0 atom stereocenters. The topological polar surface area (TPSA) is 118 Å². The summed E-state index contributed by atoms with van der Waals surface area (Å²) in [5.41, 5.74) is 8.25. The number of hydrogen-bond acceptors (Lipinski definition) is 5. The number of aromatic nitrogens is 3. The van der Waals surface area contributed by atoms with Gasteiger partial charge in [-0.3, -0.25) is 14.5 Å². The molecule has 2 aromatic heterocycles. The van der Waals surface area contributed by atoms with Crippen LogP contribution >= 0.6 is 0 Å². The number of hydrogen-bond donors (Lipinski definition) is 3. The number of carbonyl (C=O) groups is 2. The monoisotopic (exact) mass is 379 g/mol. The molecule has 28 heavy (non-hydrogen) atoms. The summed E-state index contributed by atoms with van der Waals surface area (Å²) < 4.78 is 1.65. The van der Waals surface area contributed by atoms with Crippen molar-refractivity contribution in [3.05, 3.63) is 60.7 Å². The Labute approximate surface area is 162 Å². The SMILES string of the molecule is CCNC(=O)Nc1ccccc1N(c1cnn(C)c1)c1ccncc1C(N)=O. The molecule has 2 heterocycles. The molecule has 4 N–H and O–H groups in total. The first-order valence-corrected chi connectivity index (χ1v) is 8.67. The average Bonchev–Trinajstić information content (AvgIpc) is 3.10. The van der Waals surface area contributed by atoms with E-state index in [0.717, 1.165) is 0 Å². The fourth-order valence-corrected chi connectivity index (χ4v) is 2.81. The van der Waals surface area contributed by atoms with Gasteiger partial charge in [0.2, 0.25) is 0 Å². The van der Waals surface area contributed by atoms with E-state index in [1.165, 1.54) is 6.20 Å². The van der Waals surface area contributed by atoms with Gasteiger partial charge in [0.15, 0.2) is 0 Å². The molecule has 0 aliphatic heterocycles. The molecular weight excluding hydrogens is 358 g/mol. The maximum absolute atomic E-state index is 12.1. The molecule has 144 valence electrons. The summed E-state index contributed by atoms with van der Waals surface area (Å²) in [6.07, 6.45) is 6.45. The van der Waals surface area contributed by atoms with Gasteiger partial charge in [0.05, 0.1) is 34.5 Å². The highest BCUT2D eigenvalue weighted by atomic mass is 16.2. The predicted octanol–water partition coefficient (Wildman–Crippen LogP) is 2.53. The van der Waals surface area contributed by atoms with Crippen molar-refractivity contribution in [2.75, 3.05) is 16.8 Å². The fraction of sp³-hybridized carbons (Fsp3) is 0.158. The van der Waals surface area contributed by atoms with Gasteiger partial charge in [0.1, 0.15) is 0 Å². The molecule has 0 saturated carbocycles. The summed E-state index contributed by atoms with van der Waals surface area (Å²) in [5.74, 6) is -0.605. The molecule has 0 aliphatic carbocycles. The normalized spacial score (nSPS) is 10.4. The number of amides is 3. The van der Waals surface area contributed by atoms with E-state index in [9.17, 15) is 9.59 Å². The molecule has 0 saturated heterocycles. The standard InChI is InChI=1S/C19H21N7O2/c1-3-22-19(28)24-15-6-4-5-7-17(15)26(13-10-23-25(2)12-13)16-8-9-21-11-14(16)18(20)27/h4-12H,3H2,1-2H3,(H2,20,27)(H2,22,24,28). The summed E-state index contributed by atoms with van der Waals surface area (Å²) in [5, 5.41) is 9.77. The Hall–Kier alpha value is -3.88. The lowest BCUT2D eigenvalue weighted by Gasteiger charge is -2.27. The number of para-hydroxylation sites is 2. The van der Waals surface area contributed by atoms with Gasteiger partial charge in [-0.1, -0.05) is 12.1 Å². The van der Waals surface area contributed by atoms with Crippen molar-refractivity contribution in [3.63, 3.8) is 0 Å². The molecular formula is C19H21N7O2. The third-order valence-electron chi connectivity index (χ3n) is 3.98. The second-order valence-corrected chi connectivity index (χ2v) is 5.97. The van der Waals surface area contributed by atoms with Crippen LogP contribution in [-0.4, -0.2) is 33.2 Å². The number of nitrogens with two attached hydrogens (primary N) is 1. The van der Waals surface area contributed by atoms with Crippen molar-refractivity contribution >= 4 is 34.7 Å². The Kier molecular flexibility index (Phi) is 5.54. The second kappa shape index (κ2) is 8.21. The molecule has 0 bridgehead atoms. The van der Waals surface area contributed by atoms with Crippen LogP contribution in [0.4, 0.5) is 27.5 Å². The van der Waals surface area contributed by atoms with Crippen molar-refractivity contribution in [1.82, 2.24) is 20.1 Å². The van der Waals surface area contributed by atoms with E-state index in [0.29, 0.717) is 29.3 Å². The lowest BCUT2D eigenvalue weighted by atomic mass is 10.1. The van der Waals surface area contributed by atoms with Gasteiger partial charge in [0.25, 0.3) is 5.91 Å². The van der Waals surface area contributed by atoms with Crippen LogP contribution in [0.5, 0.6) is 0 Å². The van der Waals surface area contributed by atoms with E-state index in [2.05, 4.69) is 20.7 Å². The number of urea groups is 1. The van der Waals surface area contributed by atoms with Crippen LogP contribution in [0.25, 0.3) is 0 Å². The summed E-state index contributed by atoms with van der Waals surface area (Å²) in [4.78, 5) is 29.9. The van der Waals surface area contributed by atoms with Gasteiger partial charge in [0, 0.05) is 32.2 Å². The average molecular weight is 379 g/mol. The Morgan fingerprint density at radius 1 is 1.18 bits per heavy atom. The fourth-order valence-electron chi connectivity index (χ4n) is 2.81. The van der Waals surface area contributed by atoms with Crippen LogP contribution < -0.4 is 21.3 Å². The molecule has 3 rings (SSSR count). The molecule has 0 unspecified atom stereocenters. The smallest absolute Gasteiger partial charge is 0.319 e. The van der Waals surface area contributed by atoms with Crippen molar-refractivity contribution < 1.29 is 9.59 Å². The molecule has 3 aromatic rings. The van der Waals surface area contributed by atoms with E-state index in [1.54, 1.807) is 47.4 Å². The molecule has 0 fully saturated rings. The van der Waals surface area contributed by atoms with E-state index in [4.69, 9.17) is 5.73 Å². The lowest BCUT2D eigenvalue weighted by molar-refractivity contribution is 0.100. The summed E-state index contributed by atoms with van der Waals surface area (Å²) in [7, 11) is 1.79. The molecule has 3 amide bonds. The number of aryl methyl sites for hydroxylation is 1. The van der Waals surface area contributed by atoms with Crippen LogP contribution in [0, 0.1) is 0 Å². The Balaban J connectivity index is 2.18. The number of pyridine rings is 1. The highest BCUT2D eigenvalue weighted by Crippen LogP contribution is 2.39. The van der Waals surface area contributed by atoms with Crippen molar-refractivity contribution in [3.8, 4) is 0 Å². The van der Waals surface area contributed by atoms with Crippen LogP contribution in [0.15, 0.2) is 55.1 Å². The van der Waals surface area contributed by atoms with Crippen LogP contribution in [-0.2, 0) is 7.05 Å². The van der Waals surface area contributed by atoms with E-state index >= 15 is 0 Å². The highest BCUT2D eigenvalue weighted by Gasteiger charge is 2.22. The first-order valence-electron chi connectivity index (χ1n) is 8.67. The Morgan fingerprint density at radius 3 is 2.64 bits per heavy atom. The third-order valence-corrected chi connectivity index (χ3v) is 3.98. The maximum atomic E-state index is 12.1. The number of carbonyl (C=O) groups excluding carboxylic acids is 2. The number of nitrogens with one attached hydrogen (secondary N) is 2. The lowest BCUT2D eigenvalue weighted by Crippen LogP contribution is -2.29. The number of nitrogens with zero attached hydrogens (tertiary/aromatic N) is 4. The molecule has 0 radical (unpaired) electrons. The van der Waals surface area contributed by atoms with Gasteiger partial charge in [-0.05, 0) is 25.1 Å². The predicted molar refractivity (Wildman–Crippen MR) is 107 cm³/mol. The van der Waals surface area contributed by atoms with Crippen LogP contribution in [0.2, 0.25) is 0 Å². The quantitative estimate of drug-likeness (QED) is 0.608. The zero-order valence-corrected chi connectivity index (χ0v) is 15.6. The van der Waals surface area contributed by atoms with Gasteiger partial charge in [-0.2, -0.15) is 5.10 Å². The minimum atomic E-state index is -0.605. The van der Waals surface area contributed by atoms with Crippen molar-refractivity contribution in [2.24, 2.45) is 12.8 Å². The van der Waals surface area contributed by atoms with E-state index < -0.39 is 5.91 Å². The summed E-state index contributed by atoms with van der Waals surface area (Å²) >= 11 is 0. The number of benzene rings is 1.